The Morgan fingerprint density at radius 1 is 1.23 bits per heavy atom. The Morgan fingerprint density at radius 2 is 1.91 bits per heavy atom. The number of carbonyl (C=O) groups excluding carboxylic acids is 1. The van der Waals surface area contributed by atoms with E-state index in [1.165, 1.54) is 0 Å². The highest BCUT2D eigenvalue weighted by Crippen LogP contribution is 2.58. The van der Waals surface area contributed by atoms with E-state index < -0.39 is 5.54 Å². The third-order valence-corrected chi connectivity index (χ3v) is 6.66. The monoisotopic (exact) mass is 330 g/mol. The molecule has 5 unspecified atom stereocenters. The fourth-order valence-corrected chi connectivity index (χ4v) is 4.72. The summed E-state index contributed by atoms with van der Waals surface area (Å²) in [6, 6.07) is 0. The molecule has 2 aliphatic heterocycles. The quantitative estimate of drug-likeness (QED) is 0.803. The molecule has 5 atom stereocenters. The van der Waals surface area contributed by atoms with E-state index in [0.717, 1.165) is 39.0 Å². The maximum atomic E-state index is 13.2. The molecule has 1 saturated carbocycles. The van der Waals surface area contributed by atoms with Crippen molar-refractivity contribution in [2.75, 3.05) is 19.7 Å². The third kappa shape index (κ3) is 2.30. The van der Waals surface area contributed by atoms with Gasteiger partial charge >= 0.3 is 0 Å². The molecule has 0 spiro atoms. The predicted octanol–water partition coefficient (Wildman–Crippen LogP) is 2.45. The van der Waals surface area contributed by atoms with Gasteiger partial charge in [0.1, 0.15) is 5.54 Å². The first-order chi connectivity index (χ1) is 9.80. The van der Waals surface area contributed by atoms with Gasteiger partial charge in [-0.1, -0.05) is 27.7 Å². The molecule has 2 heterocycles. The maximum Gasteiger partial charge on any atom is 0.243 e. The van der Waals surface area contributed by atoms with Gasteiger partial charge in [0.05, 0.1) is 6.10 Å². The number of piperidine rings is 1. The van der Waals surface area contributed by atoms with E-state index in [2.05, 4.69) is 27.7 Å². The molecule has 2 saturated heterocycles. The highest BCUT2D eigenvalue weighted by Gasteiger charge is 2.70. The number of amides is 1. The van der Waals surface area contributed by atoms with E-state index >= 15 is 0 Å². The average Bonchev–Trinajstić information content (AvgIpc) is 2.48. The molecule has 5 heteroatoms. The molecule has 22 heavy (non-hydrogen) atoms. The molecule has 0 aromatic heterocycles. The van der Waals surface area contributed by atoms with Crippen LogP contribution in [0.3, 0.4) is 0 Å². The highest BCUT2D eigenvalue weighted by molar-refractivity contribution is 5.89. The second-order valence-electron chi connectivity index (χ2n) is 8.13. The number of nitrogens with two attached hydrogens (primary N) is 1. The zero-order valence-electron chi connectivity index (χ0n) is 14.3. The summed E-state index contributed by atoms with van der Waals surface area (Å²) in [4.78, 5) is 15.2. The van der Waals surface area contributed by atoms with Crippen molar-refractivity contribution in [1.82, 2.24) is 4.90 Å². The van der Waals surface area contributed by atoms with Gasteiger partial charge in [0.15, 0.2) is 0 Å². The minimum absolute atomic E-state index is 0. The van der Waals surface area contributed by atoms with Crippen LogP contribution in [0, 0.1) is 23.2 Å². The normalized spacial score (nSPS) is 43.6. The summed E-state index contributed by atoms with van der Waals surface area (Å²) in [5.74, 6) is 1.62. The Kier molecular flexibility index (Phi) is 4.88. The highest BCUT2D eigenvalue weighted by atomic mass is 35.5. The minimum Gasteiger partial charge on any atom is -0.377 e. The van der Waals surface area contributed by atoms with Crippen molar-refractivity contribution in [1.29, 1.82) is 0 Å². The van der Waals surface area contributed by atoms with Crippen LogP contribution < -0.4 is 5.73 Å². The van der Waals surface area contributed by atoms with Crippen molar-refractivity contribution in [3.05, 3.63) is 0 Å². The second-order valence-corrected chi connectivity index (χ2v) is 8.13. The fourth-order valence-electron chi connectivity index (χ4n) is 4.72. The van der Waals surface area contributed by atoms with Crippen LogP contribution in [0.1, 0.15) is 47.0 Å². The molecule has 0 aromatic rings. The van der Waals surface area contributed by atoms with Crippen molar-refractivity contribution in [3.63, 3.8) is 0 Å². The number of nitrogens with zero attached hydrogens (tertiary/aromatic N) is 1. The van der Waals surface area contributed by atoms with Crippen LogP contribution in [0.2, 0.25) is 0 Å². The average molecular weight is 331 g/mol. The van der Waals surface area contributed by atoms with Crippen LogP contribution in [-0.4, -0.2) is 42.1 Å². The summed E-state index contributed by atoms with van der Waals surface area (Å²) in [6.45, 7) is 11.3. The van der Waals surface area contributed by atoms with Crippen LogP contribution in [0.25, 0.3) is 0 Å². The fraction of sp³-hybridized carbons (Fsp3) is 0.941. The van der Waals surface area contributed by atoms with E-state index in [0.29, 0.717) is 11.8 Å². The first kappa shape index (κ1) is 18.0. The van der Waals surface area contributed by atoms with Crippen LogP contribution >= 0.6 is 12.4 Å². The molecule has 3 fully saturated rings. The largest absolute Gasteiger partial charge is 0.377 e. The molecule has 3 rings (SSSR count). The van der Waals surface area contributed by atoms with Crippen LogP contribution in [-0.2, 0) is 9.53 Å². The second kappa shape index (κ2) is 5.95. The molecular formula is C17H31ClN2O2. The molecule has 0 radical (unpaired) electrons. The Balaban J connectivity index is 0.00000176. The van der Waals surface area contributed by atoms with Gasteiger partial charge in [0.2, 0.25) is 5.91 Å². The molecular weight excluding hydrogens is 300 g/mol. The Labute approximate surface area is 140 Å². The molecule has 1 aliphatic carbocycles. The smallest absolute Gasteiger partial charge is 0.243 e. The first-order valence-electron chi connectivity index (χ1n) is 8.50. The number of rotatable bonds is 1. The molecule has 128 valence electrons. The lowest BCUT2D eigenvalue weighted by Crippen LogP contribution is -2.82. The molecule has 1 amide bonds. The number of fused-ring (bicyclic) bond motifs is 1. The molecule has 3 aliphatic rings. The van der Waals surface area contributed by atoms with Gasteiger partial charge in [0.25, 0.3) is 0 Å². The Bertz CT molecular complexity index is 442. The summed E-state index contributed by atoms with van der Waals surface area (Å²) in [5.41, 5.74) is 5.72. The van der Waals surface area contributed by atoms with Crippen molar-refractivity contribution in [2.24, 2.45) is 28.9 Å². The van der Waals surface area contributed by atoms with Gasteiger partial charge in [-0.25, -0.2) is 0 Å². The van der Waals surface area contributed by atoms with Gasteiger partial charge in [-0.3, -0.25) is 4.79 Å². The molecule has 0 bridgehead atoms. The van der Waals surface area contributed by atoms with Gasteiger partial charge in [-0.05, 0) is 31.1 Å². The van der Waals surface area contributed by atoms with E-state index in [9.17, 15) is 4.79 Å². The van der Waals surface area contributed by atoms with Crippen molar-refractivity contribution in [2.45, 2.75) is 58.6 Å². The van der Waals surface area contributed by atoms with E-state index in [1.54, 1.807) is 0 Å². The van der Waals surface area contributed by atoms with E-state index in [4.69, 9.17) is 10.5 Å². The summed E-state index contributed by atoms with van der Waals surface area (Å²) >= 11 is 0. The van der Waals surface area contributed by atoms with Crippen molar-refractivity contribution >= 4 is 18.3 Å². The number of hydrogen-bond acceptors (Lipinski definition) is 3. The number of carbonyl (C=O) groups is 1. The predicted molar refractivity (Wildman–Crippen MR) is 89.9 cm³/mol. The minimum atomic E-state index is -0.738. The maximum absolute atomic E-state index is 13.2. The van der Waals surface area contributed by atoms with Crippen LogP contribution in [0.15, 0.2) is 0 Å². The Hall–Kier alpha value is -0.320. The first-order valence-corrected chi connectivity index (χ1v) is 8.50. The number of hydrogen-bond donors (Lipinski definition) is 1. The van der Waals surface area contributed by atoms with E-state index in [-0.39, 0.29) is 35.8 Å². The zero-order valence-corrected chi connectivity index (χ0v) is 15.1. The lowest BCUT2D eigenvalue weighted by atomic mass is 9.46. The number of ether oxygens (including phenoxy) is 1. The van der Waals surface area contributed by atoms with Crippen LogP contribution in [0.4, 0.5) is 0 Å². The summed E-state index contributed by atoms with van der Waals surface area (Å²) in [7, 11) is 0. The summed E-state index contributed by atoms with van der Waals surface area (Å²) in [5, 5.41) is 0. The summed E-state index contributed by atoms with van der Waals surface area (Å²) in [6.07, 6.45) is 3.29. The van der Waals surface area contributed by atoms with E-state index in [1.807, 2.05) is 4.90 Å². The van der Waals surface area contributed by atoms with Crippen molar-refractivity contribution in [3.8, 4) is 0 Å². The SMILES string of the molecule is CC1CCN(C(=O)C2(N)C3CCCOC3C2(C)C)CC1C.Cl. The van der Waals surface area contributed by atoms with Crippen LogP contribution in [0.5, 0.6) is 0 Å². The Morgan fingerprint density at radius 3 is 2.55 bits per heavy atom. The molecule has 2 N–H and O–H groups in total. The van der Waals surface area contributed by atoms with Crippen molar-refractivity contribution < 1.29 is 9.53 Å². The van der Waals surface area contributed by atoms with Gasteiger partial charge in [0, 0.05) is 31.0 Å². The topological polar surface area (TPSA) is 55.6 Å². The van der Waals surface area contributed by atoms with Gasteiger partial charge in [-0.15, -0.1) is 12.4 Å². The molecule has 0 aromatic carbocycles. The van der Waals surface area contributed by atoms with Gasteiger partial charge < -0.3 is 15.4 Å². The zero-order chi connectivity index (χ0) is 15.4. The summed E-state index contributed by atoms with van der Waals surface area (Å²) < 4.78 is 5.91. The lowest BCUT2D eigenvalue weighted by molar-refractivity contribution is -0.231. The van der Waals surface area contributed by atoms with Gasteiger partial charge in [-0.2, -0.15) is 0 Å². The number of likely N-dealkylation sites (tertiary alicyclic amines) is 1. The standard InChI is InChI=1S/C17H30N2O2.ClH/c1-11-7-8-19(10-12(11)2)15(20)17(18)13-6-5-9-21-14(13)16(17,3)4;/h11-14H,5-10,18H2,1-4H3;1H. The number of halogens is 1. The molecule has 4 nitrogen and oxygen atoms in total. The third-order valence-electron chi connectivity index (χ3n) is 6.66. The lowest BCUT2D eigenvalue weighted by Gasteiger charge is -2.66.